The van der Waals surface area contributed by atoms with Crippen LogP contribution in [0.15, 0.2) is 73.2 Å². The maximum Gasteiger partial charge on any atom is 0.254 e. The van der Waals surface area contributed by atoms with Crippen molar-refractivity contribution in [2.24, 2.45) is 0 Å². The van der Waals surface area contributed by atoms with E-state index in [1.807, 2.05) is 71.2 Å². The first-order valence-electron chi connectivity index (χ1n) is 11.7. The van der Waals surface area contributed by atoms with Crippen LogP contribution in [0.25, 0.3) is 11.1 Å². The Balaban J connectivity index is 1.54. The molecule has 1 aliphatic rings. The van der Waals surface area contributed by atoms with Gasteiger partial charge in [-0.1, -0.05) is 30.3 Å². The molecule has 1 fully saturated rings. The minimum Gasteiger partial charge on any atom is -0.347 e. The summed E-state index contributed by atoms with van der Waals surface area (Å²) in [5, 5.41) is 4.29. The molecule has 0 spiro atoms. The second kappa shape index (κ2) is 9.66. The van der Waals surface area contributed by atoms with Gasteiger partial charge in [-0.3, -0.25) is 9.48 Å². The van der Waals surface area contributed by atoms with Gasteiger partial charge < -0.3 is 9.80 Å². The van der Waals surface area contributed by atoms with Gasteiger partial charge >= 0.3 is 0 Å². The third kappa shape index (κ3) is 4.64. The zero-order valence-electron chi connectivity index (χ0n) is 19.8. The molecule has 3 heterocycles. The summed E-state index contributed by atoms with van der Waals surface area (Å²) in [4.78, 5) is 26.9. The molecule has 1 saturated heterocycles. The lowest BCUT2D eigenvalue weighted by molar-refractivity contribution is 0.0732. The lowest BCUT2D eigenvalue weighted by Crippen LogP contribution is -2.32. The molecule has 5 rings (SSSR count). The molecule has 0 saturated carbocycles. The van der Waals surface area contributed by atoms with Crippen LogP contribution >= 0.6 is 0 Å². The zero-order valence-corrected chi connectivity index (χ0v) is 19.8. The Morgan fingerprint density at radius 2 is 2.00 bits per heavy atom. The van der Waals surface area contributed by atoms with Gasteiger partial charge in [0.15, 0.2) is 0 Å². The van der Waals surface area contributed by atoms with Crippen LogP contribution in [-0.4, -0.2) is 51.2 Å². The number of hydrogen-bond donors (Lipinski definition) is 0. The van der Waals surface area contributed by atoms with E-state index in [9.17, 15) is 9.18 Å². The van der Waals surface area contributed by atoms with Crippen molar-refractivity contribution in [1.82, 2.24) is 24.6 Å². The van der Waals surface area contributed by atoms with Crippen molar-refractivity contribution in [3.63, 3.8) is 0 Å². The molecule has 4 aromatic rings. The summed E-state index contributed by atoms with van der Waals surface area (Å²) in [5.41, 5.74) is 3.75. The quantitative estimate of drug-likeness (QED) is 0.413. The fourth-order valence-electron chi connectivity index (χ4n) is 4.62. The highest BCUT2D eigenvalue weighted by Crippen LogP contribution is 2.38. The van der Waals surface area contributed by atoms with Crippen molar-refractivity contribution in [2.45, 2.75) is 25.4 Å². The van der Waals surface area contributed by atoms with Crippen molar-refractivity contribution >= 4 is 11.9 Å². The van der Waals surface area contributed by atoms with Crippen molar-refractivity contribution in [2.75, 3.05) is 25.5 Å². The molecular formula is C27H27FN6O. The smallest absolute Gasteiger partial charge is 0.254 e. The number of hydrogen-bond acceptors (Lipinski definition) is 5. The normalized spacial score (nSPS) is 15.4. The number of carbonyl (C=O) groups is 1. The van der Waals surface area contributed by atoms with Gasteiger partial charge in [-0.2, -0.15) is 5.10 Å². The summed E-state index contributed by atoms with van der Waals surface area (Å²) in [5.74, 6) is 0.195. The molecule has 0 bridgehead atoms. The van der Waals surface area contributed by atoms with Crippen molar-refractivity contribution in [1.29, 1.82) is 0 Å². The largest absolute Gasteiger partial charge is 0.347 e. The molecule has 178 valence electrons. The van der Waals surface area contributed by atoms with E-state index in [0.717, 1.165) is 29.7 Å². The molecule has 35 heavy (non-hydrogen) atoms. The van der Waals surface area contributed by atoms with Crippen LogP contribution in [-0.2, 0) is 6.54 Å². The Kier molecular flexibility index (Phi) is 6.27. The van der Waals surface area contributed by atoms with Gasteiger partial charge in [0.2, 0.25) is 5.95 Å². The second-order valence-corrected chi connectivity index (χ2v) is 8.89. The fourth-order valence-corrected chi connectivity index (χ4v) is 4.62. The summed E-state index contributed by atoms with van der Waals surface area (Å²) in [6.07, 6.45) is 6.99. The van der Waals surface area contributed by atoms with Gasteiger partial charge in [-0.15, -0.1) is 0 Å². The Labute approximate surface area is 203 Å². The van der Waals surface area contributed by atoms with E-state index < -0.39 is 0 Å². The predicted octanol–water partition coefficient (Wildman–Crippen LogP) is 4.57. The Morgan fingerprint density at radius 1 is 1.14 bits per heavy atom. The van der Waals surface area contributed by atoms with E-state index in [0.29, 0.717) is 30.2 Å². The van der Waals surface area contributed by atoms with E-state index in [4.69, 9.17) is 4.98 Å². The van der Waals surface area contributed by atoms with Crippen LogP contribution in [0, 0.1) is 5.82 Å². The average molecular weight is 471 g/mol. The SMILES string of the molecule is CN(C)c1ncc(-c2cccc(F)c2)c([C@@H]2CCCN2C(=O)c2ccccc2Cn2cccn2)n1. The second-order valence-electron chi connectivity index (χ2n) is 8.89. The summed E-state index contributed by atoms with van der Waals surface area (Å²) in [7, 11) is 3.76. The Morgan fingerprint density at radius 3 is 2.77 bits per heavy atom. The number of likely N-dealkylation sites (tertiary alicyclic amines) is 1. The number of amides is 1. The minimum atomic E-state index is -0.322. The Bertz CT molecular complexity index is 1340. The lowest BCUT2D eigenvalue weighted by Gasteiger charge is -2.27. The van der Waals surface area contributed by atoms with Gasteiger partial charge in [-0.05, 0) is 48.2 Å². The standard InChI is InChI=1S/C27H27FN6O/c1-32(2)27-29-17-23(19-9-5-10-21(28)16-19)25(31-27)24-12-6-15-34(24)26(35)22-11-4-3-8-20(22)18-33-14-7-13-30-33/h3-5,7-11,13-14,16-17,24H,6,12,15,18H2,1-2H3/t24-/m0/s1. The number of rotatable bonds is 6. The van der Waals surface area contributed by atoms with E-state index in [1.165, 1.54) is 12.1 Å². The van der Waals surface area contributed by atoms with Crippen LogP contribution in [0.2, 0.25) is 0 Å². The average Bonchev–Trinajstić information content (AvgIpc) is 3.56. The molecule has 2 aromatic heterocycles. The van der Waals surface area contributed by atoms with E-state index in [2.05, 4.69) is 10.1 Å². The minimum absolute atomic E-state index is 0.0366. The molecule has 0 radical (unpaired) electrons. The van der Waals surface area contributed by atoms with Gasteiger partial charge in [0.25, 0.3) is 5.91 Å². The van der Waals surface area contributed by atoms with Crippen LogP contribution in [0.5, 0.6) is 0 Å². The first-order valence-corrected chi connectivity index (χ1v) is 11.7. The van der Waals surface area contributed by atoms with Gasteiger partial charge in [0.1, 0.15) is 5.82 Å². The molecular weight excluding hydrogens is 443 g/mol. The molecule has 1 aliphatic heterocycles. The van der Waals surface area contributed by atoms with Gasteiger partial charge in [-0.25, -0.2) is 14.4 Å². The first-order chi connectivity index (χ1) is 17.0. The molecule has 0 unspecified atom stereocenters. The van der Waals surface area contributed by atoms with Crippen LogP contribution in [0.1, 0.15) is 40.5 Å². The van der Waals surface area contributed by atoms with Crippen LogP contribution in [0.4, 0.5) is 10.3 Å². The molecule has 8 heteroatoms. The molecule has 7 nitrogen and oxygen atoms in total. The number of nitrogens with zero attached hydrogens (tertiary/aromatic N) is 6. The van der Waals surface area contributed by atoms with Crippen LogP contribution < -0.4 is 4.90 Å². The molecule has 1 atom stereocenters. The molecule has 0 aliphatic carbocycles. The van der Waals surface area contributed by atoms with E-state index in [1.54, 1.807) is 18.5 Å². The Hall–Kier alpha value is -4.07. The highest BCUT2D eigenvalue weighted by atomic mass is 19.1. The molecule has 2 aromatic carbocycles. The number of anilines is 1. The third-order valence-corrected chi connectivity index (χ3v) is 6.31. The molecule has 0 N–H and O–H groups in total. The maximum atomic E-state index is 14.1. The number of benzene rings is 2. The highest BCUT2D eigenvalue weighted by Gasteiger charge is 2.34. The summed E-state index contributed by atoms with van der Waals surface area (Å²) in [6, 6.07) is 15.7. The predicted molar refractivity (Wildman–Crippen MR) is 133 cm³/mol. The highest BCUT2D eigenvalue weighted by molar-refractivity contribution is 5.96. The van der Waals surface area contributed by atoms with Gasteiger partial charge in [0.05, 0.1) is 18.3 Å². The maximum absolute atomic E-state index is 14.1. The van der Waals surface area contributed by atoms with Crippen molar-refractivity contribution in [3.05, 3.63) is 95.8 Å². The van der Waals surface area contributed by atoms with Crippen LogP contribution in [0.3, 0.4) is 0 Å². The number of halogens is 1. The monoisotopic (exact) mass is 470 g/mol. The van der Waals surface area contributed by atoms with Gasteiger partial charge in [0, 0.05) is 50.4 Å². The molecule has 1 amide bonds. The van der Waals surface area contributed by atoms with E-state index >= 15 is 0 Å². The first kappa shape index (κ1) is 22.7. The summed E-state index contributed by atoms with van der Waals surface area (Å²) < 4.78 is 15.9. The summed E-state index contributed by atoms with van der Waals surface area (Å²) in [6.45, 7) is 1.14. The zero-order chi connectivity index (χ0) is 24.4. The third-order valence-electron chi connectivity index (χ3n) is 6.31. The topological polar surface area (TPSA) is 67.2 Å². The number of carbonyl (C=O) groups excluding carboxylic acids is 1. The van der Waals surface area contributed by atoms with Crippen molar-refractivity contribution in [3.8, 4) is 11.1 Å². The fraction of sp³-hybridized carbons (Fsp3) is 0.259. The number of aromatic nitrogens is 4. The van der Waals surface area contributed by atoms with E-state index in [-0.39, 0.29) is 17.8 Å². The lowest BCUT2D eigenvalue weighted by atomic mass is 9.99. The van der Waals surface area contributed by atoms with Crippen molar-refractivity contribution < 1.29 is 9.18 Å². The summed E-state index contributed by atoms with van der Waals surface area (Å²) >= 11 is 0.